The fourth-order valence-corrected chi connectivity index (χ4v) is 13.3. The topological polar surface area (TPSA) is 66.3 Å². The lowest BCUT2D eigenvalue weighted by Crippen LogP contribution is -2.03. The van der Waals surface area contributed by atoms with Gasteiger partial charge in [0.15, 0.2) is 17.5 Å². The van der Waals surface area contributed by atoms with Crippen LogP contribution in [-0.2, 0) is 6.42 Å². The van der Waals surface area contributed by atoms with Gasteiger partial charge >= 0.3 is 0 Å². The molecule has 2 aliphatic rings. The molecular weight excluding hydrogens is 1110 g/mol. The van der Waals surface area contributed by atoms with Gasteiger partial charge in [0.2, 0.25) is 0 Å². The Hall–Kier alpha value is -11.0. The van der Waals surface area contributed by atoms with Crippen LogP contribution in [0, 0.1) is 6.92 Å². The van der Waals surface area contributed by atoms with E-state index in [4.69, 9.17) is 15.0 Å². The van der Waals surface area contributed by atoms with Crippen LogP contribution in [0.1, 0.15) is 86.8 Å². The average molecular weight is 1180 g/mol. The third kappa shape index (κ3) is 11.2. The van der Waals surface area contributed by atoms with Gasteiger partial charge in [-0.25, -0.2) is 15.0 Å². The fraction of sp³-hybridized carbons (Fsp3) is 0.119. The normalized spacial score (nSPS) is 12.8. The lowest BCUT2D eigenvalue weighted by molar-refractivity contribution is 0.820. The number of nitrogens with zero attached hydrogens (tertiary/aromatic N) is 7. The van der Waals surface area contributed by atoms with Gasteiger partial charge < -0.3 is 13.7 Å². The molecule has 442 valence electrons. The third-order valence-electron chi connectivity index (χ3n) is 17.5. The Morgan fingerprint density at radius 3 is 1.60 bits per heavy atom. The maximum atomic E-state index is 4.99. The molecule has 7 nitrogen and oxygen atoms in total. The van der Waals surface area contributed by atoms with E-state index in [2.05, 4.69) is 284 Å². The molecule has 0 spiro atoms. The van der Waals surface area contributed by atoms with Crippen molar-refractivity contribution < 1.29 is 0 Å². The van der Waals surface area contributed by atoms with E-state index in [-0.39, 0.29) is 0 Å². The van der Waals surface area contributed by atoms with Crippen LogP contribution in [0.4, 0.5) is 0 Å². The molecule has 0 bridgehead atoms. The predicted octanol–water partition coefficient (Wildman–Crippen LogP) is 22.1. The second-order valence-electron chi connectivity index (χ2n) is 23.9. The molecule has 0 amide bonds. The molecule has 0 saturated heterocycles. The van der Waals surface area contributed by atoms with E-state index in [0.717, 1.165) is 65.0 Å². The summed E-state index contributed by atoms with van der Waals surface area (Å²) in [6.45, 7) is 14.8. The minimum absolute atomic E-state index is 0.430. The molecular formula is C84H71N7. The number of para-hydroxylation sites is 3. The SMILES string of the molecule is C/C=C\c1c(-c2ccccc2)ccnc1C(C)C.C1=CC(c2nc(-c3ccccc3)nc(-c3ccc(-n4c5ccccc5c5cc(-c6ccc7c(c6)c6ccccc6n7-c6ccccc6)ccc54)cc3)n2)=CCC1.C=C(C)n1c2c(c3cc(C)ccc31)C=CCC2. The zero-order valence-corrected chi connectivity index (χ0v) is 52.2. The van der Waals surface area contributed by atoms with Crippen molar-refractivity contribution in [2.24, 2.45) is 0 Å². The van der Waals surface area contributed by atoms with Crippen molar-refractivity contribution in [1.29, 1.82) is 0 Å². The summed E-state index contributed by atoms with van der Waals surface area (Å²) in [4.78, 5) is 19.4. The summed E-state index contributed by atoms with van der Waals surface area (Å²) >= 11 is 0. The van der Waals surface area contributed by atoms with Gasteiger partial charge in [-0.05, 0) is 166 Å². The van der Waals surface area contributed by atoms with Crippen LogP contribution >= 0.6 is 0 Å². The van der Waals surface area contributed by atoms with Gasteiger partial charge in [-0.3, -0.25) is 4.98 Å². The molecule has 0 unspecified atom stereocenters. The van der Waals surface area contributed by atoms with Crippen molar-refractivity contribution in [1.82, 2.24) is 33.6 Å². The summed E-state index contributed by atoms with van der Waals surface area (Å²) in [5, 5.41) is 6.30. The maximum absolute atomic E-state index is 4.99. The summed E-state index contributed by atoms with van der Waals surface area (Å²) < 4.78 is 7.04. The number of allylic oxidation sites excluding steroid dienone is 7. The number of hydrogen-bond acceptors (Lipinski definition) is 4. The lowest BCUT2D eigenvalue weighted by Gasteiger charge is -2.13. The van der Waals surface area contributed by atoms with Gasteiger partial charge in [0.25, 0.3) is 0 Å². The number of benzene rings is 9. The molecule has 9 aromatic carbocycles. The highest BCUT2D eigenvalue weighted by molar-refractivity contribution is 6.13. The molecule has 5 heterocycles. The number of aromatic nitrogens is 7. The second-order valence-corrected chi connectivity index (χ2v) is 23.9. The van der Waals surface area contributed by atoms with E-state index < -0.39 is 0 Å². The first-order valence-electron chi connectivity index (χ1n) is 31.7. The van der Waals surface area contributed by atoms with Crippen molar-refractivity contribution >= 4 is 77.9 Å². The zero-order valence-electron chi connectivity index (χ0n) is 52.2. The van der Waals surface area contributed by atoms with E-state index in [1.807, 2.05) is 49.5 Å². The van der Waals surface area contributed by atoms with E-state index in [0.29, 0.717) is 23.4 Å². The van der Waals surface area contributed by atoms with Crippen molar-refractivity contribution in [2.45, 2.75) is 66.2 Å². The van der Waals surface area contributed by atoms with Gasteiger partial charge in [0.05, 0.1) is 33.3 Å². The van der Waals surface area contributed by atoms with Gasteiger partial charge in [0, 0.05) is 83.7 Å². The van der Waals surface area contributed by atoms with Gasteiger partial charge in [0.1, 0.15) is 0 Å². The summed E-state index contributed by atoms with van der Waals surface area (Å²) in [5.41, 5.74) is 23.8. The van der Waals surface area contributed by atoms with Crippen molar-refractivity contribution in [3.8, 4) is 56.4 Å². The summed E-state index contributed by atoms with van der Waals surface area (Å²) in [6.07, 6.45) is 21.5. The van der Waals surface area contributed by atoms with E-state index in [1.165, 1.54) is 99.3 Å². The number of hydrogen-bond donors (Lipinski definition) is 0. The Bertz CT molecular complexity index is 5170. The Morgan fingerprint density at radius 2 is 1.01 bits per heavy atom. The number of fused-ring (bicyclic) bond motifs is 9. The number of aryl methyl sites for hydroxylation is 1. The smallest absolute Gasteiger partial charge is 0.164 e. The number of rotatable bonds is 10. The van der Waals surface area contributed by atoms with Gasteiger partial charge in [-0.2, -0.15) is 0 Å². The first kappa shape index (κ1) is 57.7. The highest BCUT2D eigenvalue weighted by atomic mass is 15.0. The first-order chi connectivity index (χ1) is 44.7. The van der Waals surface area contributed by atoms with Crippen molar-refractivity contribution in [3.63, 3.8) is 0 Å². The minimum atomic E-state index is 0.430. The Labute approximate surface area is 532 Å². The summed E-state index contributed by atoms with van der Waals surface area (Å²) in [5.74, 6) is 2.47. The highest BCUT2D eigenvalue weighted by Gasteiger charge is 2.21. The van der Waals surface area contributed by atoms with E-state index in [1.54, 1.807) is 0 Å². The second kappa shape index (κ2) is 25.2. The molecule has 0 fully saturated rings. The quantitative estimate of drug-likeness (QED) is 0.137. The van der Waals surface area contributed by atoms with E-state index >= 15 is 0 Å². The third-order valence-corrected chi connectivity index (χ3v) is 17.5. The highest BCUT2D eigenvalue weighted by Crippen LogP contribution is 2.40. The largest absolute Gasteiger partial charge is 0.318 e. The Morgan fingerprint density at radius 1 is 0.484 bits per heavy atom. The van der Waals surface area contributed by atoms with Gasteiger partial charge in [-0.1, -0.05) is 202 Å². The Kier molecular flexibility index (Phi) is 16.0. The molecule has 5 aromatic heterocycles. The molecule has 91 heavy (non-hydrogen) atoms. The van der Waals surface area contributed by atoms with E-state index in [9.17, 15) is 0 Å². The molecule has 0 radical (unpaired) electrons. The van der Waals surface area contributed by atoms with Crippen LogP contribution in [0.3, 0.4) is 0 Å². The number of pyridine rings is 1. The average Bonchev–Trinajstić information content (AvgIpc) is 1.63. The monoisotopic (exact) mass is 1180 g/mol. The summed E-state index contributed by atoms with van der Waals surface area (Å²) in [7, 11) is 0. The van der Waals surface area contributed by atoms with Crippen LogP contribution in [-0.4, -0.2) is 33.6 Å². The molecule has 0 N–H and O–H groups in total. The van der Waals surface area contributed by atoms with Crippen molar-refractivity contribution in [2.75, 3.05) is 0 Å². The molecule has 0 atom stereocenters. The zero-order chi connectivity index (χ0) is 62.0. The molecule has 14 aromatic rings. The minimum Gasteiger partial charge on any atom is -0.318 e. The predicted molar refractivity (Wildman–Crippen MR) is 385 cm³/mol. The Balaban J connectivity index is 0.000000167. The fourth-order valence-electron chi connectivity index (χ4n) is 13.3. The molecule has 0 saturated carbocycles. The molecule has 16 rings (SSSR count). The van der Waals surface area contributed by atoms with Gasteiger partial charge in [-0.15, -0.1) is 0 Å². The van der Waals surface area contributed by atoms with Crippen LogP contribution in [0.25, 0.3) is 134 Å². The maximum Gasteiger partial charge on any atom is 0.164 e. The van der Waals surface area contributed by atoms with Crippen LogP contribution in [0.5, 0.6) is 0 Å². The van der Waals surface area contributed by atoms with Crippen LogP contribution < -0.4 is 0 Å². The molecule has 0 aliphatic heterocycles. The lowest BCUT2D eigenvalue weighted by atomic mass is 9.94. The first-order valence-corrected chi connectivity index (χ1v) is 31.7. The summed E-state index contributed by atoms with van der Waals surface area (Å²) in [6, 6.07) is 79.8. The van der Waals surface area contributed by atoms with Crippen LogP contribution in [0.15, 0.2) is 268 Å². The molecule has 2 aliphatic carbocycles. The molecule has 7 heteroatoms. The van der Waals surface area contributed by atoms with Crippen molar-refractivity contribution in [3.05, 3.63) is 302 Å². The van der Waals surface area contributed by atoms with Crippen LogP contribution in [0.2, 0.25) is 0 Å². The standard InChI is InChI=1S/C51H35N5.C17H19N.C16H17N/c1-4-14-34(15-5-1)49-52-50(35-16-6-2-7-17-35)54-51(53-49)36-24-28-40(29-25-36)56-46-23-13-11-21-42(46)44-33-38(27-31-48(44)56)37-26-30-47-43(32-37)41-20-10-12-22-45(41)55(47)39-18-8-3-9-19-39;1-4-8-16-15(14-9-6-5-7-10-14)11-12-18-17(16)13(2)3;1-11(2)17-15-7-5-4-6-13(15)14-10-12(3)8-9-16(14)17/h1,3-6,8-33H,2,7H2;4-13H,1-3H3;4,6,8-10H,1,5,7H2,2-3H3/b;8-4-;.